The quantitative estimate of drug-likeness (QED) is 0.334. The maximum Gasteiger partial charge on any atom is 0.265 e. The molecule has 0 aromatic carbocycles. The predicted molar refractivity (Wildman–Crippen MR) is 54.9 cm³/mol. The Morgan fingerprint density at radius 1 is 1.60 bits per heavy atom. The molecule has 0 aromatic heterocycles. The summed E-state index contributed by atoms with van der Waals surface area (Å²) in [5, 5.41) is 12.9. The third-order valence-corrected chi connectivity index (χ3v) is 2.95. The Kier molecular flexibility index (Phi) is 5.87. The van der Waals surface area contributed by atoms with Crippen LogP contribution < -0.4 is 17.7 Å². The van der Waals surface area contributed by atoms with Gasteiger partial charge in [-0.2, -0.15) is 0 Å². The summed E-state index contributed by atoms with van der Waals surface area (Å²) in [7, 11) is 1.89. The summed E-state index contributed by atoms with van der Waals surface area (Å²) in [5.74, 6) is -0.121. The molecular formula is C9H14Cl2N2O2. The van der Waals surface area contributed by atoms with Gasteiger partial charge in [0.1, 0.15) is 5.92 Å². The van der Waals surface area contributed by atoms with Crippen molar-refractivity contribution in [3.05, 3.63) is 34.4 Å². The molecule has 0 amide bonds. The summed E-state index contributed by atoms with van der Waals surface area (Å²) < 4.78 is 0. The fraction of sp³-hybridized carbons (Fsp3) is 0.556. The predicted octanol–water partition coefficient (Wildman–Crippen LogP) is -2.82. The molecule has 15 heavy (non-hydrogen) atoms. The number of nitrogens with two attached hydrogens (primary N) is 1. The molecule has 0 radical (unpaired) electrons. The highest BCUT2D eigenvalue weighted by Crippen LogP contribution is 2.28. The molecular weight excluding hydrogens is 239 g/mol. The van der Waals surface area contributed by atoms with Gasteiger partial charge in [-0.3, -0.25) is 10.1 Å². The molecule has 0 bridgehead atoms. The van der Waals surface area contributed by atoms with Crippen molar-refractivity contribution < 1.29 is 22.6 Å². The van der Waals surface area contributed by atoms with E-state index in [2.05, 4.69) is 0 Å². The van der Waals surface area contributed by atoms with Crippen molar-refractivity contribution >= 4 is 11.6 Å². The second kappa shape index (κ2) is 6.10. The second-order valence-corrected chi connectivity index (χ2v) is 3.64. The number of quaternary nitrogens is 1. The Morgan fingerprint density at radius 2 is 2.27 bits per heavy atom. The average molecular weight is 253 g/mol. The van der Waals surface area contributed by atoms with Gasteiger partial charge in [-0.25, -0.2) is 0 Å². The molecule has 1 aliphatic carbocycles. The molecule has 0 saturated heterocycles. The molecule has 0 aromatic rings. The van der Waals surface area contributed by atoms with Crippen LogP contribution in [-0.2, 0) is 0 Å². The number of alkyl halides is 1. The normalized spacial score (nSPS) is 28.5. The molecule has 2 unspecified atom stereocenters. The number of allylic oxidation sites excluding steroid dienone is 2. The van der Waals surface area contributed by atoms with E-state index in [0.717, 1.165) is 0 Å². The minimum Gasteiger partial charge on any atom is -1.00 e. The third-order valence-electron chi connectivity index (χ3n) is 2.53. The zero-order chi connectivity index (χ0) is 10.6. The number of rotatable bonds is 4. The summed E-state index contributed by atoms with van der Waals surface area (Å²) in [6.07, 6.45) is 6.97. The molecule has 0 aliphatic heterocycles. The van der Waals surface area contributed by atoms with Crippen LogP contribution >= 0.6 is 11.6 Å². The number of nitrogens with zero attached hydrogens (tertiary/aromatic N) is 1. The van der Waals surface area contributed by atoms with Crippen LogP contribution in [0.1, 0.15) is 0 Å². The van der Waals surface area contributed by atoms with Gasteiger partial charge in [0, 0.05) is 4.92 Å². The number of hydrogen-bond acceptors (Lipinski definition) is 2. The van der Waals surface area contributed by atoms with Crippen molar-refractivity contribution in [3.63, 3.8) is 0 Å². The van der Waals surface area contributed by atoms with Crippen LogP contribution in [0, 0.1) is 16.0 Å². The van der Waals surface area contributed by atoms with E-state index in [-0.39, 0.29) is 29.1 Å². The van der Waals surface area contributed by atoms with Gasteiger partial charge in [0.15, 0.2) is 0 Å². The lowest BCUT2D eigenvalue weighted by molar-refractivity contribution is -0.646. The Morgan fingerprint density at radius 3 is 2.73 bits per heavy atom. The summed E-state index contributed by atoms with van der Waals surface area (Å²) in [6.45, 7) is 0.675. The van der Waals surface area contributed by atoms with Crippen LogP contribution in [0.4, 0.5) is 0 Å². The van der Waals surface area contributed by atoms with Gasteiger partial charge in [0.25, 0.3) is 5.54 Å². The van der Waals surface area contributed by atoms with Crippen molar-refractivity contribution in [1.82, 2.24) is 0 Å². The molecule has 0 spiro atoms. The monoisotopic (exact) mass is 252 g/mol. The van der Waals surface area contributed by atoms with Crippen molar-refractivity contribution in [2.75, 3.05) is 19.5 Å². The van der Waals surface area contributed by atoms with Crippen molar-refractivity contribution in [2.45, 2.75) is 5.54 Å². The second-order valence-electron chi connectivity index (χ2n) is 3.38. The molecule has 86 valence electrons. The topological polar surface area (TPSA) is 59.8 Å². The Bertz CT molecular complexity index is 281. The molecule has 0 saturated carbocycles. The number of hydrogen-bond donors (Lipinski definition) is 1. The van der Waals surface area contributed by atoms with Gasteiger partial charge in [-0.15, -0.1) is 11.6 Å². The Balaban J connectivity index is 0.00000196. The van der Waals surface area contributed by atoms with Gasteiger partial charge in [0.05, 0.1) is 19.5 Å². The minimum absolute atomic E-state index is 0. The zero-order valence-electron chi connectivity index (χ0n) is 8.40. The van der Waals surface area contributed by atoms with Crippen LogP contribution in [0.3, 0.4) is 0 Å². The smallest absolute Gasteiger partial charge is 0.265 e. The van der Waals surface area contributed by atoms with Crippen LogP contribution in [0.25, 0.3) is 0 Å². The van der Waals surface area contributed by atoms with Crippen LogP contribution in [0.15, 0.2) is 24.3 Å². The zero-order valence-corrected chi connectivity index (χ0v) is 9.91. The highest BCUT2D eigenvalue weighted by molar-refractivity contribution is 6.18. The molecule has 0 fully saturated rings. The van der Waals surface area contributed by atoms with E-state index in [4.69, 9.17) is 11.6 Å². The van der Waals surface area contributed by atoms with Gasteiger partial charge in [-0.1, -0.05) is 18.2 Å². The van der Waals surface area contributed by atoms with Gasteiger partial charge < -0.3 is 17.7 Å². The maximum absolute atomic E-state index is 11.0. The molecule has 2 atom stereocenters. The average Bonchev–Trinajstić information content (AvgIpc) is 2.19. The summed E-state index contributed by atoms with van der Waals surface area (Å²) in [6, 6.07) is 0. The molecule has 0 heterocycles. The highest BCUT2D eigenvalue weighted by Gasteiger charge is 2.48. The lowest BCUT2D eigenvalue weighted by Crippen LogP contribution is -3.00. The first kappa shape index (κ1) is 14.4. The highest BCUT2D eigenvalue weighted by atomic mass is 35.5. The SMILES string of the molecule is C[NH2+]CC1C=CC=CC1(CCl)[N+](=O)[O-].[Cl-]. The maximum atomic E-state index is 11.0. The summed E-state index contributed by atoms with van der Waals surface area (Å²) >= 11 is 5.72. The molecule has 6 heteroatoms. The van der Waals surface area contributed by atoms with E-state index in [1.807, 2.05) is 24.5 Å². The van der Waals surface area contributed by atoms with Crippen LogP contribution in [0.2, 0.25) is 0 Å². The van der Waals surface area contributed by atoms with Gasteiger partial charge in [0.2, 0.25) is 0 Å². The van der Waals surface area contributed by atoms with E-state index >= 15 is 0 Å². The molecule has 4 nitrogen and oxygen atoms in total. The molecule has 2 N–H and O–H groups in total. The standard InChI is InChI=1S/C9H13ClN2O2.ClH/c1-11-6-8-4-2-3-5-9(8,7-10)12(13)14;/h2-5,8,11H,6-7H2,1H3;1H. The first-order valence-corrected chi connectivity index (χ1v) is 5.05. The van der Waals surface area contributed by atoms with Crippen molar-refractivity contribution in [3.8, 4) is 0 Å². The summed E-state index contributed by atoms with van der Waals surface area (Å²) in [4.78, 5) is 10.7. The fourth-order valence-electron chi connectivity index (χ4n) is 1.64. The molecule has 1 aliphatic rings. The van der Waals surface area contributed by atoms with E-state index in [0.29, 0.717) is 6.54 Å². The largest absolute Gasteiger partial charge is 1.00 e. The van der Waals surface area contributed by atoms with E-state index in [1.165, 1.54) is 0 Å². The molecule has 1 rings (SSSR count). The van der Waals surface area contributed by atoms with E-state index in [9.17, 15) is 10.1 Å². The van der Waals surface area contributed by atoms with Crippen LogP contribution in [0.5, 0.6) is 0 Å². The third kappa shape index (κ3) is 2.71. The first-order chi connectivity index (χ1) is 6.67. The van der Waals surface area contributed by atoms with Gasteiger partial charge in [-0.05, 0) is 6.08 Å². The minimum atomic E-state index is -1.12. The lowest BCUT2D eigenvalue weighted by atomic mass is 9.82. The van der Waals surface area contributed by atoms with Crippen molar-refractivity contribution in [2.24, 2.45) is 5.92 Å². The number of nitro groups is 1. The van der Waals surface area contributed by atoms with Gasteiger partial charge >= 0.3 is 0 Å². The Hall–Kier alpha value is -0.580. The lowest BCUT2D eigenvalue weighted by Gasteiger charge is -2.27. The van der Waals surface area contributed by atoms with Crippen molar-refractivity contribution in [1.29, 1.82) is 0 Å². The number of halogens is 2. The first-order valence-electron chi connectivity index (χ1n) is 4.51. The Labute approximate surface area is 99.9 Å². The van der Waals surface area contributed by atoms with Crippen LogP contribution in [-0.4, -0.2) is 29.9 Å². The fourth-order valence-corrected chi connectivity index (χ4v) is 2.02. The summed E-state index contributed by atoms with van der Waals surface area (Å²) in [5.41, 5.74) is -1.12. The van der Waals surface area contributed by atoms with E-state index < -0.39 is 5.54 Å². The van der Waals surface area contributed by atoms with E-state index in [1.54, 1.807) is 12.2 Å².